The summed E-state index contributed by atoms with van der Waals surface area (Å²) in [6.07, 6.45) is 0. The van der Waals surface area contributed by atoms with Crippen LogP contribution in [0.3, 0.4) is 0 Å². The Bertz CT molecular complexity index is 1370. The first kappa shape index (κ1) is 24.5. The van der Waals surface area contributed by atoms with Crippen LogP contribution in [-0.2, 0) is 29.0 Å². The number of imidazole rings is 1. The Morgan fingerprint density at radius 1 is 0.886 bits per heavy atom. The summed E-state index contributed by atoms with van der Waals surface area (Å²) in [6, 6.07) is 23.7. The van der Waals surface area contributed by atoms with E-state index in [0.717, 1.165) is 49.0 Å². The third kappa shape index (κ3) is 5.91. The number of anilines is 1. The number of aryl methyl sites for hydroxylation is 2. The summed E-state index contributed by atoms with van der Waals surface area (Å²) in [5, 5.41) is 8.89. The molecule has 10 heteroatoms. The molecule has 2 heterocycles. The molecule has 0 unspecified atom stereocenters. The number of benzene rings is 3. The number of morpholine rings is 1. The molecular weight excluding hydrogens is 466 g/mol. The molecule has 0 atom stereocenters. The van der Waals surface area contributed by atoms with Crippen molar-refractivity contribution in [3.05, 3.63) is 78.9 Å². The van der Waals surface area contributed by atoms with Gasteiger partial charge in [-0.2, -0.15) is 0 Å². The first-order valence-electron chi connectivity index (χ1n) is 11.1. The lowest BCUT2D eigenvalue weighted by atomic mass is 10.2. The molecule has 0 amide bonds. The fourth-order valence-electron chi connectivity index (χ4n) is 3.85. The summed E-state index contributed by atoms with van der Waals surface area (Å²) in [4.78, 5) is 2.14. The molecule has 1 saturated heterocycles. The number of nitrogens with zero attached hydrogens (tertiary/aromatic N) is 5. The highest BCUT2D eigenvalue weighted by Crippen LogP contribution is 2.23. The number of ether oxygens (including phenoxy) is 1. The second-order valence-electron chi connectivity index (χ2n) is 7.99. The van der Waals surface area contributed by atoms with Crippen LogP contribution in [0.2, 0.25) is 0 Å². The molecule has 0 N–H and O–H groups in total. The highest BCUT2D eigenvalue weighted by Gasteiger charge is 2.19. The fraction of sp³-hybridized carbons (Fsp3) is 0.240. The Labute approximate surface area is 204 Å². The van der Waals surface area contributed by atoms with Crippen molar-refractivity contribution < 1.29 is 22.3 Å². The van der Waals surface area contributed by atoms with Gasteiger partial charge in [0.15, 0.2) is 0 Å². The van der Waals surface area contributed by atoms with Crippen molar-refractivity contribution in [2.75, 3.05) is 31.2 Å². The lowest BCUT2D eigenvalue weighted by Crippen LogP contribution is -2.36. The van der Waals surface area contributed by atoms with Crippen molar-refractivity contribution in [1.82, 2.24) is 4.57 Å². The predicted molar refractivity (Wildman–Crippen MR) is 132 cm³/mol. The molecule has 9 nitrogen and oxygen atoms in total. The zero-order valence-electron chi connectivity index (χ0n) is 19.6. The number of rotatable bonds is 4. The summed E-state index contributed by atoms with van der Waals surface area (Å²) < 4.78 is 40.3. The number of para-hydroxylation sites is 2. The number of aromatic nitrogens is 2. The minimum Gasteiger partial charge on any atom is -0.744 e. The predicted octanol–water partition coefficient (Wildman–Crippen LogP) is 3.85. The van der Waals surface area contributed by atoms with Gasteiger partial charge in [-0.15, -0.1) is 0 Å². The third-order valence-electron chi connectivity index (χ3n) is 5.72. The molecule has 4 aromatic rings. The van der Waals surface area contributed by atoms with E-state index in [2.05, 4.69) is 48.5 Å². The van der Waals surface area contributed by atoms with Gasteiger partial charge >= 0.3 is 5.95 Å². The van der Waals surface area contributed by atoms with Crippen molar-refractivity contribution in [3.63, 3.8) is 0 Å². The summed E-state index contributed by atoms with van der Waals surface area (Å²) in [5.41, 5.74) is 4.34. The van der Waals surface area contributed by atoms with Crippen LogP contribution in [-0.4, -0.2) is 43.8 Å². The van der Waals surface area contributed by atoms with Gasteiger partial charge in [-0.25, -0.2) is 17.6 Å². The lowest BCUT2D eigenvalue weighted by Gasteiger charge is -2.28. The SMILES string of the molecule is Cn1c(N=Nc2ccc(N3CCOCC3)cc2)[n+](C)c2ccccc21.O=S(=O)([O-])c1ccccc1. The second-order valence-corrected chi connectivity index (χ2v) is 9.37. The van der Waals surface area contributed by atoms with Crippen molar-refractivity contribution >= 4 is 38.5 Å². The number of hydrogen-bond acceptors (Lipinski definition) is 7. The molecule has 1 aliphatic rings. The Morgan fingerprint density at radius 2 is 1.51 bits per heavy atom. The van der Waals surface area contributed by atoms with Crippen LogP contribution in [0.1, 0.15) is 0 Å². The van der Waals surface area contributed by atoms with Crippen molar-refractivity contribution in [3.8, 4) is 0 Å². The van der Waals surface area contributed by atoms with Crippen LogP contribution in [0.4, 0.5) is 17.3 Å². The van der Waals surface area contributed by atoms with E-state index in [4.69, 9.17) is 4.74 Å². The Balaban J connectivity index is 0.000000243. The van der Waals surface area contributed by atoms with Crippen molar-refractivity contribution in [2.45, 2.75) is 4.90 Å². The minimum atomic E-state index is -4.25. The quantitative estimate of drug-likeness (QED) is 0.244. The van der Waals surface area contributed by atoms with Crippen LogP contribution < -0.4 is 9.47 Å². The molecule has 0 bridgehead atoms. The minimum absolute atomic E-state index is 0.185. The summed E-state index contributed by atoms with van der Waals surface area (Å²) in [7, 11) is -0.229. The Kier molecular flexibility index (Phi) is 7.54. The van der Waals surface area contributed by atoms with Crippen LogP contribution >= 0.6 is 0 Å². The van der Waals surface area contributed by atoms with E-state index in [1.165, 1.54) is 30.0 Å². The van der Waals surface area contributed by atoms with Crippen LogP contribution in [0.25, 0.3) is 11.0 Å². The summed E-state index contributed by atoms with van der Waals surface area (Å²) >= 11 is 0. The first-order valence-corrected chi connectivity index (χ1v) is 12.5. The van der Waals surface area contributed by atoms with Gasteiger partial charge in [-0.05, 0) is 48.5 Å². The average molecular weight is 494 g/mol. The second kappa shape index (κ2) is 10.8. The van der Waals surface area contributed by atoms with Crippen molar-refractivity contribution in [1.29, 1.82) is 0 Å². The third-order valence-corrected chi connectivity index (χ3v) is 6.57. The van der Waals surface area contributed by atoms with Crippen LogP contribution in [0, 0.1) is 0 Å². The first-order chi connectivity index (χ1) is 16.8. The molecule has 1 aromatic heterocycles. The van der Waals surface area contributed by atoms with Gasteiger partial charge in [-0.3, -0.25) is 0 Å². The van der Waals surface area contributed by atoms with Gasteiger partial charge in [-0.1, -0.05) is 35.4 Å². The van der Waals surface area contributed by atoms with Gasteiger partial charge in [0.25, 0.3) is 0 Å². The normalized spacial score (nSPS) is 14.2. The van der Waals surface area contributed by atoms with Crippen LogP contribution in [0.15, 0.2) is 94.0 Å². The molecular formula is C25H27N5O4S. The average Bonchev–Trinajstić information content (AvgIpc) is 3.13. The van der Waals surface area contributed by atoms with Gasteiger partial charge in [0.1, 0.15) is 26.8 Å². The number of fused-ring (bicyclic) bond motifs is 1. The monoisotopic (exact) mass is 493 g/mol. The van der Waals surface area contributed by atoms with Crippen molar-refractivity contribution in [2.24, 2.45) is 24.3 Å². The highest BCUT2D eigenvalue weighted by molar-refractivity contribution is 7.85. The maximum Gasteiger partial charge on any atom is 0.422 e. The Hall–Kier alpha value is -3.60. The van der Waals surface area contributed by atoms with Gasteiger partial charge in [0.2, 0.25) is 0 Å². The summed E-state index contributed by atoms with van der Waals surface area (Å²) in [5.74, 6) is 0.818. The molecule has 182 valence electrons. The number of azo groups is 1. The van der Waals surface area contributed by atoms with Gasteiger partial charge in [0, 0.05) is 23.9 Å². The molecule has 5 rings (SSSR count). The van der Waals surface area contributed by atoms with Gasteiger partial charge in [0.05, 0.1) is 32.2 Å². The highest BCUT2D eigenvalue weighted by atomic mass is 32.2. The molecule has 1 fully saturated rings. The molecule has 0 aliphatic carbocycles. The molecule has 0 spiro atoms. The van der Waals surface area contributed by atoms with Crippen LogP contribution in [0.5, 0.6) is 0 Å². The molecule has 35 heavy (non-hydrogen) atoms. The zero-order valence-corrected chi connectivity index (χ0v) is 20.4. The standard InChI is InChI=1S/C19H22N5O.C6H6O3S/c1-22-17-5-3-4-6-18(17)23(2)19(22)21-20-15-7-9-16(10-8-15)24-11-13-25-14-12-24;7-10(8,9)6-4-2-1-3-5-6/h3-10H,11-14H2,1-2H3;1-5H,(H,7,8,9)/q+1;/p-1. The lowest BCUT2D eigenvalue weighted by molar-refractivity contribution is -0.632. The number of hydrogen-bond donors (Lipinski definition) is 0. The maximum absolute atomic E-state index is 10.3. The molecule has 3 aromatic carbocycles. The maximum atomic E-state index is 10.3. The van der Waals surface area contributed by atoms with E-state index in [9.17, 15) is 13.0 Å². The van der Waals surface area contributed by atoms with E-state index in [-0.39, 0.29) is 4.90 Å². The van der Waals surface area contributed by atoms with E-state index in [1.807, 2.05) is 38.4 Å². The van der Waals surface area contributed by atoms with E-state index in [0.29, 0.717) is 0 Å². The summed E-state index contributed by atoms with van der Waals surface area (Å²) in [6.45, 7) is 3.46. The zero-order chi connectivity index (χ0) is 24.8. The van der Waals surface area contributed by atoms with Gasteiger partial charge < -0.3 is 14.2 Å². The smallest absolute Gasteiger partial charge is 0.422 e. The fourth-order valence-corrected chi connectivity index (χ4v) is 4.34. The molecule has 1 aliphatic heterocycles. The Morgan fingerprint density at radius 3 is 2.11 bits per heavy atom. The van der Waals surface area contributed by atoms with E-state index in [1.54, 1.807) is 6.07 Å². The molecule has 0 saturated carbocycles. The molecule has 0 radical (unpaired) electrons. The van der Waals surface area contributed by atoms with E-state index >= 15 is 0 Å². The largest absolute Gasteiger partial charge is 0.744 e. The topological polar surface area (TPSA) is 103 Å². The van der Waals surface area contributed by atoms with E-state index < -0.39 is 10.1 Å².